The van der Waals surface area contributed by atoms with Crippen LogP contribution in [0, 0.1) is 0 Å². The monoisotopic (exact) mass is 479 g/mol. The van der Waals surface area contributed by atoms with E-state index < -0.39 is 0 Å². The number of nitrogens with one attached hydrogen (secondary N) is 2. The van der Waals surface area contributed by atoms with E-state index in [2.05, 4.69) is 24.5 Å². The number of benzene rings is 2. The number of amides is 3. The number of carbonyl (C=O) groups is 2. The summed E-state index contributed by atoms with van der Waals surface area (Å²) in [6, 6.07) is 13.3. The van der Waals surface area contributed by atoms with Gasteiger partial charge in [-0.15, -0.1) is 0 Å². The second-order valence-corrected chi connectivity index (χ2v) is 9.36. The fourth-order valence-corrected chi connectivity index (χ4v) is 4.18. The Labute approximate surface area is 208 Å². The highest BCUT2D eigenvalue weighted by molar-refractivity contribution is 5.87. The zero-order valence-electron chi connectivity index (χ0n) is 21.0. The molecule has 1 fully saturated rings. The fraction of sp³-hybridized carbons (Fsp3) is 0.429. The van der Waals surface area contributed by atoms with E-state index >= 15 is 0 Å². The van der Waals surface area contributed by atoms with Gasteiger partial charge >= 0.3 is 6.03 Å². The highest BCUT2D eigenvalue weighted by Gasteiger charge is 2.22. The molecule has 2 aromatic rings. The number of nitrogens with zero attached hydrogens (tertiary/aromatic N) is 1. The summed E-state index contributed by atoms with van der Waals surface area (Å²) in [5, 5.41) is 16.5. The molecule has 1 heterocycles. The average Bonchev–Trinajstić information content (AvgIpc) is 2.86. The lowest BCUT2D eigenvalue weighted by molar-refractivity contribution is -0.130. The molecular formula is C28H37N3O4. The van der Waals surface area contributed by atoms with Crippen LogP contribution in [-0.4, -0.2) is 54.8 Å². The zero-order valence-corrected chi connectivity index (χ0v) is 21.0. The quantitative estimate of drug-likeness (QED) is 0.467. The Hall–Kier alpha value is -3.32. The van der Waals surface area contributed by atoms with Crippen LogP contribution in [0.25, 0.3) is 11.1 Å². The van der Waals surface area contributed by atoms with Crippen LogP contribution in [0.1, 0.15) is 44.7 Å². The van der Waals surface area contributed by atoms with Crippen molar-refractivity contribution in [1.29, 1.82) is 0 Å². The lowest BCUT2D eigenvalue weighted by Gasteiger charge is -2.26. The van der Waals surface area contributed by atoms with Gasteiger partial charge in [-0.3, -0.25) is 4.79 Å². The van der Waals surface area contributed by atoms with Gasteiger partial charge in [-0.25, -0.2) is 4.79 Å². The van der Waals surface area contributed by atoms with Gasteiger partial charge in [0.05, 0.1) is 13.2 Å². The van der Waals surface area contributed by atoms with E-state index in [0.717, 1.165) is 35.1 Å². The Morgan fingerprint density at radius 2 is 1.83 bits per heavy atom. The summed E-state index contributed by atoms with van der Waals surface area (Å²) in [5.41, 5.74) is 3.40. The van der Waals surface area contributed by atoms with Crippen molar-refractivity contribution >= 4 is 11.9 Å². The van der Waals surface area contributed by atoms with Crippen molar-refractivity contribution in [2.24, 2.45) is 0 Å². The van der Waals surface area contributed by atoms with E-state index in [0.29, 0.717) is 39.4 Å². The summed E-state index contributed by atoms with van der Waals surface area (Å²) in [5.74, 6) is 0.243. The summed E-state index contributed by atoms with van der Waals surface area (Å²) in [4.78, 5) is 25.9. The van der Waals surface area contributed by atoms with Crippen molar-refractivity contribution in [3.8, 4) is 16.9 Å². The van der Waals surface area contributed by atoms with Gasteiger partial charge in [0.2, 0.25) is 5.91 Å². The summed E-state index contributed by atoms with van der Waals surface area (Å²) in [7, 11) is 0. The molecule has 0 aliphatic carbocycles. The van der Waals surface area contributed by atoms with Gasteiger partial charge < -0.3 is 25.4 Å². The maximum atomic E-state index is 12.3. The third-order valence-electron chi connectivity index (χ3n) is 6.38. The normalized spacial score (nSPS) is 14.2. The number of ether oxygens (including phenoxy) is 1. The van der Waals surface area contributed by atoms with Crippen molar-refractivity contribution in [1.82, 2.24) is 15.5 Å². The van der Waals surface area contributed by atoms with E-state index in [1.54, 1.807) is 6.08 Å². The number of allylic oxidation sites excluding steroid dienone is 1. The van der Waals surface area contributed by atoms with E-state index in [1.807, 2.05) is 60.4 Å². The predicted molar refractivity (Wildman–Crippen MR) is 138 cm³/mol. The van der Waals surface area contributed by atoms with Crippen LogP contribution in [0.15, 0.2) is 54.6 Å². The molecule has 2 aromatic carbocycles. The lowest BCUT2D eigenvalue weighted by atomic mass is 9.79. The van der Waals surface area contributed by atoms with E-state index in [1.165, 1.54) is 0 Å². The lowest BCUT2D eigenvalue weighted by Crippen LogP contribution is -2.39. The Bertz CT molecular complexity index is 1040. The number of hydrogen-bond acceptors (Lipinski definition) is 4. The predicted octanol–water partition coefficient (Wildman–Crippen LogP) is 4.35. The number of phenols is 1. The fourth-order valence-electron chi connectivity index (χ4n) is 4.18. The van der Waals surface area contributed by atoms with E-state index in [9.17, 15) is 14.7 Å². The van der Waals surface area contributed by atoms with Crippen LogP contribution in [0.5, 0.6) is 5.75 Å². The highest BCUT2D eigenvalue weighted by Crippen LogP contribution is 2.37. The number of urea groups is 1. The minimum Gasteiger partial charge on any atom is -0.507 e. The number of phenolic OH excluding ortho intramolecular Hbond substituents is 1. The van der Waals surface area contributed by atoms with Crippen LogP contribution in [-0.2, 0) is 21.5 Å². The smallest absolute Gasteiger partial charge is 0.315 e. The number of hydrogen-bond donors (Lipinski definition) is 3. The van der Waals surface area contributed by atoms with Crippen molar-refractivity contribution in [2.45, 2.75) is 45.6 Å². The van der Waals surface area contributed by atoms with Crippen molar-refractivity contribution < 1.29 is 19.4 Å². The van der Waals surface area contributed by atoms with Crippen molar-refractivity contribution in [2.75, 3.05) is 32.8 Å². The number of carbonyl (C=O) groups excluding carboxylic acids is 2. The summed E-state index contributed by atoms with van der Waals surface area (Å²) < 4.78 is 5.29. The molecule has 0 atom stereocenters. The second kappa shape index (κ2) is 12.4. The Kier molecular flexibility index (Phi) is 9.32. The van der Waals surface area contributed by atoms with Crippen LogP contribution < -0.4 is 10.6 Å². The molecule has 3 rings (SSSR count). The van der Waals surface area contributed by atoms with Gasteiger partial charge in [0, 0.05) is 31.7 Å². The molecule has 35 heavy (non-hydrogen) atoms. The van der Waals surface area contributed by atoms with Gasteiger partial charge in [-0.1, -0.05) is 56.3 Å². The maximum absolute atomic E-state index is 12.3. The molecule has 1 saturated heterocycles. The summed E-state index contributed by atoms with van der Waals surface area (Å²) >= 11 is 0. The first kappa shape index (κ1) is 26.3. The average molecular weight is 480 g/mol. The number of aromatic hydroxyl groups is 1. The summed E-state index contributed by atoms with van der Waals surface area (Å²) in [6.07, 6.45) is 5.20. The molecule has 3 amide bonds. The number of rotatable bonds is 9. The Morgan fingerprint density at radius 3 is 2.54 bits per heavy atom. The standard InChI is InChI=1S/C28H37N3O4/c1-4-29-27(34)30-20-21-9-5-6-10-23(21)24-13-12-22(19-25(24)32)28(2,3)14-8-7-11-26(33)31-15-17-35-18-16-31/h5-7,9-13,19,32H,4,8,14-18,20H2,1-3H3,(H2,29,30,34)/b11-7+. The van der Waals surface area contributed by atoms with Gasteiger partial charge in [-0.2, -0.15) is 0 Å². The highest BCUT2D eigenvalue weighted by atomic mass is 16.5. The third kappa shape index (κ3) is 7.33. The molecular weight excluding hydrogens is 442 g/mol. The van der Waals surface area contributed by atoms with E-state index in [-0.39, 0.29) is 23.1 Å². The minimum absolute atomic E-state index is 0.0356. The third-order valence-corrected chi connectivity index (χ3v) is 6.38. The molecule has 7 nitrogen and oxygen atoms in total. The topological polar surface area (TPSA) is 90.9 Å². The molecule has 0 radical (unpaired) electrons. The summed E-state index contributed by atoms with van der Waals surface area (Å²) in [6.45, 7) is 9.57. The van der Waals surface area contributed by atoms with Crippen molar-refractivity contribution in [3.05, 3.63) is 65.7 Å². The second-order valence-electron chi connectivity index (χ2n) is 9.36. The van der Waals surface area contributed by atoms with Gasteiger partial charge in [0.25, 0.3) is 0 Å². The van der Waals surface area contributed by atoms with E-state index in [4.69, 9.17) is 4.74 Å². The van der Waals surface area contributed by atoms with Crippen LogP contribution in [0.4, 0.5) is 4.79 Å². The van der Waals surface area contributed by atoms with Gasteiger partial charge in [0.1, 0.15) is 5.75 Å². The molecule has 0 bridgehead atoms. The van der Waals surface area contributed by atoms with Gasteiger partial charge in [-0.05, 0) is 54.0 Å². The largest absolute Gasteiger partial charge is 0.507 e. The van der Waals surface area contributed by atoms with Crippen LogP contribution in [0.2, 0.25) is 0 Å². The first-order valence-corrected chi connectivity index (χ1v) is 12.3. The van der Waals surface area contributed by atoms with Crippen LogP contribution in [0.3, 0.4) is 0 Å². The zero-order chi connectivity index (χ0) is 25.3. The molecule has 7 heteroatoms. The maximum Gasteiger partial charge on any atom is 0.315 e. The number of morpholine rings is 1. The minimum atomic E-state index is -0.218. The molecule has 1 aliphatic rings. The molecule has 0 aromatic heterocycles. The Balaban J connectivity index is 1.65. The first-order valence-electron chi connectivity index (χ1n) is 12.3. The molecule has 188 valence electrons. The molecule has 0 saturated carbocycles. The molecule has 0 unspecified atom stereocenters. The molecule has 0 spiro atoms. The molecule has 3 N–H and O–H groups in total. The Morgan fingerprint density at radius 1 is 1.09 bits per heavy atom. The first-order chi connectivity index (χ1) is 16.8. The van der Waals surface area contributed by atoms with Crippen molar-refractivity contribution in [3.63, 3.8) is 0 Å². The van der Waals surface area contributed by atoms with Crippen LogP contribution >= 0.6 is 0 Å². The molecule has 1 aliphatic heterocycles. The van der Waals surface area contributed by atoms with Gasteiger partial charge in [0.15, 0.2) is 0 Å². The SMILES string of the molecule is CCNC(=O)NCc1ccccc1-c1ccc(C(C)(C)CC/C=C/C(=O)N2CCOCC2)cc1O.